The number of esters is 2. The molecule has 8 nitrogen and oxygen atoms in total. The first-order valence-electron chi connectivity index (χ1n) is 7.75. The summed E-state index contributed by atoms with van der Waals surface area (Å²) in [6.07, 6.45) is -2.16. The molecule has 1 aliphatic rings. The van der Waals surface area contributed by atoms with E-state index in [4.69, 9.17) is 9.47 Å². The lowest BCUT2D eigenvalue weighted by molar-refractivity contribution is -0.163. The molecule has 152 valence electrons. The maximum absolute atomic E-state index is 12.4. The van der Waals surface area contributed by atoms with E-state index in [2.05, 4.69) is 9.50 Å². The van der Waals surface area contributed by atoms with Crippen LogP contribution >= 0.6 is 0 Å². The molecule has 1 rings (SSSR count). The quantitative estimate of drug-likeness (QED) is 0.383. The molecule has 0 spiro atoms. The molecule has 1 N–H and O–H groups in total. The van der Waals surface area contributed by atoms with Crippen LogP contribution in [0.15, 0.2) is 0 Å². The van der Waals surface area contributed by atoms with Gasteiger partial charge in [-0.2, -0.15) is 21.6 Å². The zero-order chi connectivity index (χ0) is 20.4. The average Bonchev–Trinajstić information content (AvgIpc) is 2.37. The van der Waals surface area contributed by atoms with Gasteiger partial charge in [0.1, 0.15) is 11.1 Å². The van der Waals surface area contributed by atoms with Crippen LogP contribution in [0.25, 0.3) is 0 Å². The van der Waals surface area contributed by atoms with Crippen molar-refractivity contribution in [1.29, 1.82) is 0 Å². The minimum absolute atomic E-state index is 0.00107. The molecule has 0 aromatic carbocycles. The number of hydrogen-bond donors (Lipinski definition) is 1. The minimum atomic E-state index is -5.77. The Kier molecular flexibility index (Phi) is 6.69. The molecule has 0 radical (unpaired) electrons. The Morgan fingerprint density at radius 2 is 1.73 bits per heavy atom. The highest BCUT2D eigenvalue weighted by Crippen LogP contribution is 2.39. The van der Waals surface area contributed by atoms with Gasteiger partial charge in [-0.15, -0.1) is 0 Å². The van der Waals surface area contributed by atoms with Crippen LogP contribution in [0, 0.1) is 0 Å². The van der Waals surface area contributed by atoms with E-state index in [9.17, 15) is 31.2 Å². The third kappa shape index (κ3) is 5.81. The normalized spacial score (nSPS) is 23.9. The molecule has 1 aliphatic carbocycles. The van der Waals surface area contributed by atoms with Gasteiger partial charge in [0.25, 0.3) is 0 Å². The van der Waals surface area contributed by atoms with Crippen LogP contribution in [0.2, 0.25) is 0 Å². The standard InChI is InChI=1S/C14H22F3NO7S/c1-5-23-11(20)13(18-8-10(19)24-12(2,3)4)6-9(7-13)25-26(21,22)14(15,16)17/h9,18H,5-8H2,1-4H3. The third-order valence-electron chi connectivity index (χ3n) is 3.36. The molecule has 0 aromatic rings. The monoisotopic (exact) mass is 405 g/mol. The summed E-state index contributed by atoms with van der Waals surface area (Å²) < 4.78 is 73.1. The molecule has 12 heteroatoms. The first-order chi connectivity index (χ1) is 11.6. The van der Waals surface area contributed by atoms with Gasteiger partial charge in [0, 0.05) is 12.8 Å². The van der Waals surface area contributed by atoms with Gasteiger partial charge in [0.15, 0.2) is 0 Å². The summed E-state index contributed by atoms with van der Waals surface area (Å²) in [5, 5.41) is 2.59. The lowest BCUT2D eigenvalue weighted by atomic mass is 9.74. The van der Waals surface area contributed by atoms with Crippen molar-refractivity contribution in [2.75, 3.05) is 13.2 Å². The highest BCUT2D eigenvalue weighted by molar-refractivity contribution is 7.87. The van der Waals surface area contributed by atoms with Crippen LogP contribution in [-0.4, -0.2) is 56.3 Å². The molecule has 0 unspecified atom stereocenters. The number of ether oxygens (including phenoxy) is 2. The maximum Gasteiger partial charge on any atom is 0.523 e. The molecule has 1 fully saturated rings. The summed E-state index contributed by atoms with van der Waals surface area (Å²) in [6, 6.07) is 0. The SMILES string of the molecule is CCOC(=O)C1(NCC(=O)OC(C)(C)C)CC(OS(=O)(=O)C(F)(F)F)C1. The Bertz CT molecular complexity index is 634. The largest absolute Gasteiger partial charge is 0.523 e. The van der Waals surface area contributed by atoms with Gasteiger partial charge in [0.05, 0.1) is 19.3 Å². The van der Waals surface area contributed by atoms with Gasteiger partial charge < -0.3 is 9.47 Å². The molecule has 0 bridgehead atoms. The van der Waals surface area contributed by atoms with E-state index in [0.717, 1.165) is 0 Å². The number of carbonyl (C=O) groups is 2. The zero-order valence-electron chi connectivity index (χ0n) is 14.8. The van der Waals surface area contributed by atoms with Crippen LogP contribution in [0.5, 0.6) is 0 Å². The Labute approximate surface area is 149 Å². The summed E-state index contributed by atoms with van der Waals surface area (Å²) in [7, 11) is -5.77. The van der Waals surface area contributed by atoms with Gasteiger partial charge in [-0.3, -0.25) is 19.1 Å². The van der Waals surface area contributed by atoms with Crippen molar-refractivity contribution in [3.8, 4) is 0 Å². The van der Waals surface area contributed by atoms with Gasteiger partial charge in [-0.25, -0.2) is 0 Å². The first-order valence-corrected chi connectivity index (χ1v) is 9.16. The molecule has 1 saturated carbocycles. The highest BCUT2D eigenvalue weighted by Gasteiger charge is 2.57. The fraction of sp³-hybridized carbons (Fsp3) is 0.857. The van der Waals surface area contributed by atoms with Crippen molar-refractivity contribution >= 4 is 22.1 Å². The summed E-state index contributed by atoms with van der Waals surface area (Å²) >= 11 is 0. The van der Waals surface area contributed by atoms with Crippen molar-refractivity contribution in [2.45, 2.75) is 63.3 Å². The smallest absolute Gasteiger partial charge is 0.465 e. The number of halogens is 3. The second kappa shape index (κ2) is 7.69. The summed E-state index contributed by atoms with van der Waals surface area (Å²) in [5.74, 6) is -1.50. The molecule has 0 amide bonds. The number of hydrogen-bond acceptors (Lipinski definition) is 8. The predicted molar refractivity (Wildman–Crippen MR) is 82.3 cm³/mol. The Morgan fingerprint density at radius 3 is 2.15 bits per heavy atom. The van der Waals surface area contributed by atoms with E-state index >= 15 is 0 Å². The van der Waals surface area contributed by atoms with Gasteiger partial charge in [-0.1, -0.05) is 0 Å². The minimum Gasteiger partial charge on any atom is -0.465 e. The summed E-state index contributed by atoms with van der Waals surface area (Å²) in [6.45, 7) is 6.04. The Morgan fingerprint density at radius 1 is 1.19 bits per heavy atom. The fourth-order valence-electron chi connectivity index (χ4n) is 2.29. The van der Waals surface area contributed by atoms with Crippen molar-refractivity contribution in [1.82, 2.24) is 5.32 Å². The van der Waals surface area contributed by atoms with Crippen molar-refractivity contribution in [2.24, 2.45) is 0 Å². The zero-order valence-corrected chi connectivity index (χ0v) is 15.6. The molecule has 0 saturated heterocycles. The van der Waals surface area contributed by atoms with Gasteiger partial charge >= 0.3 is 27.6 Å². The predicted octanol–water partition coefficient (Wildman–Crippen LogP) is 1.25. The van der Waals surface area contributed by atoms with Crippen LogP contribution in [0.4, 0.5) is 13.2 Å². The maximum atomic E-state index is 12.4. The molecule has 0 aromatic heterocycles. The van der Waals surface area contributed by atoms with Gasteiger partial charge in [0.2, 0.25) is 0 Å². The van der Waals surface area contributed by atoms with Crippen molar-refractivity contribution in [3.05, 3.63) is 0 Å². The average molecular weight is 405 g/mol. The van der Waals surface area contributed by atoms with E-state index in [-0.39, 0.29) is 6.61 Å². The lowest BCUT2D eigenvalue weighted by Crippen LogP contribution is -2.65. The highest BCUT2D eigenvalue weighted by atomic mass is 32.2. The molecule has 0 aliphatic heterocycles. The summed E-state index contributed by atoms with van der Waals surface area (Å²) in [5.41, 5.74) is -7.83. The van der Waals surface area contributed by atoms with E-state index in [1.165, 1.54) is 6.92 Å². The van der Waals surface area contributed by atoms with Crippen LogP contribution < -0.4 is 5.32 Å². The van der Waals surface area contributed by atoms with Gasteiger partial charge in [-0.05, 0) is 27.7 Å². The van der Waals surface area contributed by atoms with E-state index in [1.807, 2.05) is 0 Å². The van der Waals surface area contributed by atoms with E-state index < -0.39 is 64.2 Å². The first kappa shape index (κ1) is 22.6. The van der Waals surface area contributed by atoms with Crippen LogP contribution in [-0.2, 0) is 33.4 Å². The molecule has 0 heterocycles. The van der Waals surface area contributed by atoms with Crippen LogP contribution in [0.3, 0.4) is 0 Å². The number of nitrogens with one attached hydrogen (secondary N) is 1. The number of carbonyl (C=O) groups excluding carboxylic acids is 2. The lowest BCUT2D eigenvalue weighted by Gasteiger charge is -2.44. The molecular weight excluding hydrogens is 383 g/mol. The summed E-state index contributed by atoms with van der Waals surface area (Å²) in [4.78, 5) is 23.8. The number of alkyl halides is 3. The Hall–Kier alpha value is -1.40. The molecular formula is C14H22F3NO7S. The molecule has 26 heavy (non-hydrogen) atoms. The third-order valence-corrected chi connectivity index (χ3v) is 4.45. The van der Waals surface area contributed by atoms with Crippen LogP contribution in [0.1, 0.15) is 40.5 Å². The molecule has 0 atom stereocenters. The van der Waals surface area contributed by atoms with E-state index in [0.29, 0.717) is 0 Å². The fourth-order valence-corrected chi connectivity index (χ4v) is 2.89. The second-order valence-electron chi connectivity index (χ2n) is 6.77. The topological polar surface area (TPSA) is 108 Å². The number of rotatable bonds is 7. The van der Waals surface area contributed by atoms with Crippen molar-refractivity contribution < 1.29 is 44.8 Å². The second-order valence-corrected chi connectivity index (χ2v) is 8.33. The van der Waals surface area contributed by atoms with Crippen molar-refractivity contribution in [3.63, 3.8) is 0 Å². The Balaban J connectivity index is 2.75. The van der Waals surface area contributed by atoms with E-state index in [1.54, 1.807) is 20.8 Å².